The van der Waals surface area contributed by atoms with E-state index >= 15 is 0 Å². The van der Waals surface area contributed by atoms with E-state index in [1.54, 1.807) is 0 Å². The molecular formula is C16H22N2O2. The first kappa shape index (κ1) is 13.4. The molecule has 1 aliphatic carbocycles. The smallest absolute Gasteiger partial charge is 0.232 e. The van der Waals surface area contributed by atoms with Crippen LogP contribution in [0.4, 0.5) is 5.88 Å². The molecule has 0 bridgehead atoms. The number of hydrogen-bond donors (Lipinski definition) is 1. The first-order valence-corrected chi connectivity index (χ1v) is 7.29. The molecule has 0 unspecified atom stereocenters. The van der Waals surface area contributed by atoms with E-state index in [0.29, 0.717) is 12.3 Å². The lowest BCUT2D eigenvalue weighted by molar-refractivity contribution is -0.118. The van der Waals surface area contributed by atoms with E-state index in [1.165, 1.54) is 0 Å². The largest absolute Gasteiger partial charge is 0.338 e. The SMILES string of the molecule is Cc1noc2c1[C@@H](C(C)C)C1=C(CC(C)(C)CC1=O)N2. The number of rotatable bonds is 1. The van der Waals surface area contributed by atoms with E-state index in [2.05, 4.69) is 38.2 Å². The fourth-order valence-electron chi connectivity index (χ4n) is 3.59. The van der Waals surface area contributed by atoms with Crippen molar-refractivity contribution in [1.29, 1.82) is 0 Å². The summed E-state index contributed by atoms with van der Waals surface area (Å²) in [4.78, 5) is 12.7. The fraction of sp³-hybridized carbons (Fsp3) is 0.625. The average Bonchev–Trinajstić information content (AvgIpc) is 2.66. The third kappa shape index (κ3) is 1.89. The van der Waals surface area contributed by atoms with Gasteiger partial charge < -0.3 is 9.84 Å². The Morgan fingerprint density at radius 3 is 2.70 bits per heavy atom. The lowest BCUT2D eigenvalue weighted by Crippen LogP contribution is -2.34. The van der Waals surface area contributed by atoms with Crippen LogP contribution < -0.4 is 5.32 Å². The number of ketones is 1. The minimum absolute atomic E-state index is 0.0109. The lowest BCUT2D eigenvalue weighted by Gasteiger charge is -2.38. The molecule has 1 atom stereocenters. The van der Waals surface area contributed by atoms with Gasteiger partial charge in [-0.1, -0.05) is 32.9 Å². The molecule has 0 saturated heterocycles. The lowest BCUT2D eigenvalue weighted by atomic mass is 9.68. The normalized spacial score (nSPS) is 24.5. The van der Waals surface area contributed by atoms with Gasteiger partial charge in [0.05, 0.1) is 5.69 Å². The van der Waals surface area contributed by atoms with E-state index in [-0.39, 0.29) is 17.1 Å². The molecule has 3 rings (SSSR count). The van der Waals surface area contributed by atoms with Crippen LogP contribution in [-0.2, 0) is 4.79 Å². The van der Waals surface area contributed by atoms with Crippen LogP contribution in [0.25, 0.3) is 0 Å². The second kappa shape index (κ2) is 4.21. The molecule has 0 saturated carbocycles. The van der Waals surface area contributed by atoms with Crippen LogP contribution in [-0.4, -0.2) is 10.9 Å². The van der Waals surface area contributed by atoms with Gasteiger partial charge in [-0.2, -0.15) is 0 Å². The second-order valence-electron chi connectivity index (χ2n) is 7.19. The molecule has 1 aromatic rings. The van der Waals surface area contributed by atoms with Crippen molar-refractivity contribution in [3.8, 4) is 0 Å². The maximum atomic E-state index is 12.7. The first-order chi connectivity index (χ1) is 9.30. The Kier molecular flexibility index (Phi) is 2.82. The van der Waals surface area contributed by atoms with Gasteiger partial charge in [0.25, 0.3) is 0 Å². The van der Waals surface area contributed by atoms with Crippen molar-refractivity contribution in [2.45, 2.75) is 53.4 Å². The number of carbonyl (C=O) groups excluding carboxylic acids is 1. The highest BCUT2D eigenvalue weighted by atomic mass is 16.5. The monoisotopic (exact) mass is 274 g/mol. The Labute approximate surface area is 119 Å². The molecule has 2 heterocycles. The fourth-order valence-corrected chi connectivity index (χ4v) is 3.59. The highest BCUT2D eigenvalue weighted by molar-refractivity contribution is 6.00. The van der Waals surface area contributed by atoms with Crippen molar-refractivity contribution in [3.63, 3.8) is 0 Å². The van der Waals surface area contributed by atoms with Crippen LogP contribution in [0.5, 0.6) is 0 Å². The van der Waals surface area contributed by atoms with E-state index < -0.39 is 0 Å². The number of nitrogens with zero attached hydrogens (tertiary/aromatic N) is 1. The van der Waals surface area contributed by atoms with Crippen LogP contribution in [0.1, 0.15) is 57.7 Å². The molecule has 0 fully saturated rings. The first-order valence-electron chi connectivity index (χ1n) is 7.29. The third-order valence-corrected chi connectivity index (χ3v) is 4.38. The number of allylic oxidation sites excluding steroid dienone is 2. The minimum atomic E-state index is 0.0109. The zero-order chi connectivity index (χ0) is 14.7. The molecule has 1 aromatic heterocycles. The number of hydrogen-bond acceptors (Lipinski definition) is 4. The topological polar surface area (TPSA) is 55.1 Å². The summed E-state index contributed by atoms with van der Waals surface area (Å²) < 4.78 is 5.41. The Morgan fingerprint density at radius 1 is 1.35 bits per heavy atom. The summed E-state index contributed by atoms with van der Waals surface area (Å²) in [5.74, 6) is 1.46. The molecule has 0 spiro atoms. The molecule has 0 amide bonds. The maximum absolute atomic E-state index is 12.7. The predicted molar refractivity (Wildman–Crippen MR) is 77.5 cm³/mol. The summed E-state index contributed by atoms with van der Waals surface area (Å²) >= 11 is 0. The highest BCUT2D eigenvalue weighted by Crippen LogP contribution is 2.49. The summed E-state index contributed by atoms with van der Waals surface area (Å²) in [6.45, 7) is 10.5. The van der Waals surface area contributed by atoms with Gasteiger partial charge in [0.2, 0.25) is 5.88 Å². The molecule has 1 N–H and O–H groups in total. The molecule has 108 valence electrons. The minimum Gasteiger partial charge on any atom is -0.338 e. The summed E-state index contributed by atoms with van der Waals surface area (Å²) in [6.07, 6.45) is 1.51. The van der Waals surface area contributed by atoms with Crippen molar-refractivity contribution in [1.82, 2.24) is 5.16 Å². The Bertz CT molecular complexity index is 608. The van der Waals surface area contributed by atoms with E-state index in [9.17, 15) is 4.79 Å². The Balaban J connectivity index is 2.16. The molecule has 4 heteroatoms. The van der Waals surface area contributed by atoms with Gasteiger partial charge in [-0.25, -0.2) is 0 Å². The standard InChI is InChI=1S/C16H22N2O2/c1-8(2)12-13-9(3)18-20-15(13)17-10-6-16(4,5)7-11(19)14(10)12/h8,12,17H,6-7H2,1-5H3/t12-/m1/s1. The Hall–Kier alpha value is -1.58. The maximum Gasteiger partial charge on any atom is 0.232 e. The van der Waals surface area contributed by atoms with E-state index in [0.717, 1.165) is 34.8 Å². The molecule has 2 aliphatic rings. The van der Waals surface area contributed by atoms with Gasteiger partial charge in [-0.15, -0.1) is 0 Å². The molecule has 20 heavy (non-hydrogen) atoms. The van der Waals surface area contributed by atoms with Crippen LogP contribution in [0.15, 0.2) is 15.8 Å². The van der Waals surface area contributed by atoms with Crippen LogP contribution >= 0.6 is 0 Å². The van der Waals surface area contributed by atoms with Gasteiger partial charge in [-0.05, 0) is 24.7 Å². The van der Waals surface area contributed by atoms with Crippen molar-refractivity contribution in [3.05, 3.63) is 22.5 Å². The number of carbonyl (C=O) groups is 1. The zero-order valence-corrected chi connectivity index (χ0v) is 12.8. The summed E-state index contributed by atoms with van der Waals surface area (Å²) in [6, 6.07) is 0. The molecule has 0 radical (unpaired) electrons. The quantitative estimate of drug-likeness (QED) is 0.846. The summed E-state index contributed by atoms with van der Waals surface area (Å²) in [5.41, 5.74) is 3.95. The van der Waals surface area contributed by atoms with Crippen LogP contribution in [0.3, 0.4) is 0 Å². The number of aromatic nitrogens is 1. The van der Waals surface area contributed by atoms with Crippen molar-refractivity contribution < 1.29 is 9.32 Å². The number of aryl methyl sites for hydroxylation is 1. The van der Waals surface area contributed by atoms with E-state index in [4.69, 9.17) is 4.52 Å². The Morgan fingerprint density at radius 2 is 2.05 bits per heavy atom. The molecular weight excluding hydrogens is 252 g/mol. The zero-order valence-electron chi connectivity index (χ0n) is 12.8. The highest BCUT2D eigenvalue weighted by Gasteiger charge is 2.43. The van der Waals surface area contributed by atoms with Gasteiger partial charge in [-0.3, -0.25) is 4.79 Å². The molecule has 0 aromatic carbocycles. The predicted octanol–water partition coefficient (Wildman–Crippen LogP) is 3.79. The van der Waals surface area contributed by atoms with Gasteiger partial charge >= 0.3 is 0 Å². The van der Waals surface area contributed by atoms with Gasteiger partial charge in [0.1, 0.15) is 0 Å². The van der Waals surface area contributed by atoms with E-state index in [1.807, 2.05) is 6.92 Å². The molecule has 1 aliphatic heterocycles. The summed E-state index contributed by atoms with van der Waals surface area (Å²) in [5, 5.41) is 7.39. The van der Waals surface area contributed by atoms with Crippen molar-refractivity contribution in [2.24, 2.45) is 11.3 Å². The van der Waals surface area contributed by atoms with Crippen molar-refractivity contribution >= 4 is 11.7 Å². The number of fused-ring (bicyclic) bond motifs is 1. The summed E-state index contributed by atoms with van der Waals surface area (Å²) in [7, 11) is 0. The number of nitrogens with one attached hydrogen (secondary N) is 1. The van der Waals surface area contributed by atoms with Gasteiger partial charge in [0.15, 0.2) is 5.78 Å². The average molecular weight is 274 g/mol. The second-order valence-corrected chi connectivity index (χ2v) is 7.19. The van der Waals surface area contributed by atoms with Crippen LogP contribution in [0, 0.1) is 18.3 Å². The van der Waals surface area contributed by atoms with Crippen molar-refractivity contribution in [2.75, 3.05) is 5.32 Å². The van der Waals surface area contributed by atoms with Gasteiger partial charge in [0, 0.05) is 29.2 Å². The third-order valence-electron chi connectivity index (χ3n) is 4.38. The number of anilines is 1. The number of Topliss-reactive ketones (excluding diaryl/α,β-unsaturated/α-hetero) is 1. The molecule has 4 nitrogen and oxygen atoms in total. The van der Waals surface area contributed by atoms with Crippen LogP contribution in [0.2, 0.25) is 0 Å².